The van der Waals surface area contributed by atoms with Crippen LogP contribution in [0.25, 0.3) is 0 Å². The summed E-state index contributed by atoms with van der Waals surface area (Å²) >= 11 is 0.913. The number of carbonyl (C=O) groups excluding carboxylic acids is 1. The maximum Gasteiger partial charge on any atom is 0.345 e. The Balaban J connectivity index is 1.56. The van der Waals surface area contributed by atoms with Gasteiger partial charge < -0.3 is 14.9 Å². The molecule has 122 valence electrons. The fourth-order valence-corrected chi connectivity index (χ4v) is 2.79. The van der Waals surface area contributed by atoms with E-state index < -0.39 is 5.97 Å². The van der Waals surface area contributed by atoms with Crippen molar-refractivity contribution in [2.24, 2.45) is 0 Å². The minimum atomic E-state index is -1.05. The second kappa shape index (κ2) is 7.05. The standard InChI is InChI=1S/C16H13N3O4S/c20-15(11-6-7-12(24-11)16(21)22)17-9-14-18-13(19-23-14)8-10-4-2-1-3-5-10/h1-7H,8-9H2,(H,17,20)(H,21,22). The summed E-state index contributed by atoms with van der Waals surface area (Å²) in [4.78, 5) is 27.4. The van der Waals surface area contributed by atoms with E-state index >= 15 is 0 Å². The van der Waals surface area contributed by atoms with E-state index in [1.54, 1.807) is 0 Å². The third kappa shape index (κ3) is 3.85. The summed E-state index contributed by atoms with van der Waals surface area (Å²) in [6.07, 6.45) is 0.547. The topological polar surface area (TPSA) is 105 Å². The van der Waals surface area contributed by atoms with Gasteiger partial charge in [-0.3, -0.25) is 4.79 Å². The van der Waals surface area contributed by atoms with Gasteiger partial charge in [-0.15, -0.1) is 11.3 Å². The lowest BCUT2D eigenvalue weighted by molar-refractivity contribution is 0.0702. The predicted molar refractivity (Wildman–Crippen MR) is 86.0 cm³/mol. The lowest BCUT2D eigenvalue weighted by Crippen LogP contribution is -2.22. The number of aromatic nitrogens is 2. The van der Waals surface area contributed by atoms with Gasteiger partial charge in [0.25, 0.3) is 5.91 Å². The average molecular weight is 343 g/mol. The van der Waals surface area contributed by atoms with Gasteiger partial charge in [0, 0.05) is 6.42 Å². The Kier molecular flexibility index (Phi) is 4.66. The molecule has 2 aromatic heterocycles. The molecule has 0 aliphatic heterocycles. The number of rotatable bonds is 6. The Hall–Kier alpha value is -3.00. The van der Waals surface area contributed by atoms with Gasteiger partial charge in [0.1, 0.15) is 4.88 Å². The second-order valence-electron chi connectivity index (χ2n) is 4.92. The Morgan fingerprint density at radius 1 is 1.12 bits per heavy atom. The van der Waals surface area contributed by atoms with Crippen LogP contribution in [-0.4, -0.2) is 27.1 Å². The Bertz CT molecular complexity index is 857. The smallest absolute Gasteiger partial charge is 0.345 e. The summed E-state index contributed by atoms with van der Waals surface area (Å²) in [5.41, 5.74) is 1.06. The van der Waals surface area contributed by atoms with Crippen LogP contribution in [0, 0.1) is 0 Å². The van der Waals surface area contributed by atoms with Crippen molar-refractivity contribution in [3.8, 4) is 0 Å². The van der Waals surface area contributed by atoms with Crippen LogP contribution in [0.3, 0.4) is 0 Å². The number of carbonyl (C=O) groups is 2. The largest absolute Gasteiger partial charge is 0.477 e. The molecule has 0 aliphatic rings. The third-order valence-corrected chi connectivity index (χ3v) is 4.23. The van der Waals surface area contributed by atoms with Crippen molar-refractivity contribution >= 4 is 23.2 Å². The number of hydrogen-bond acceptors (Lipinski definition) is 6. The Morgan fingerprint density at radius 2 is 1.88 bits per heavy atom. The van der Waals surface area contributed by atoms with Crippen molar-refractivity contribution in [2.45, 2.75) is 13.0 Å². The number of nitrogens with one attached hydrogen (secondary N) is 1. The van der Waals surface area contributed by atoms with Crippen LogP contribution >= 0.6 is 11.3 Å². The molecule has 0 unspecified atom stereocenters. The van der Waals surface area contributed by atoms with Crippen molar-refractivity contribution in [3.63, 3.8) is 0 Å². The van der Waals surface area contributed by atoms with Crippen LogP contribution in [0.15, 0.2) is 47.0 Å². The number of benzene rings is 1. The number of nitrogens with zero attached hydrogens (tertiary/aromatic N) is 2. The summed E-state index contributed by atoms with van der Waals surface area (Å²) < 4.78 is 5.10. The zero-order valence-corrected chi connectivity index (χ0v) is 13.2. The van der Waals surface area contributed by atoms with Crippen LogP contribution in [0.4, 0.5) is 0 Å². The fraction of sp³-hybridized carbons (Fsp3) is 0.125. The van der Waals surface area contributed by atoms with Gasteiger partial charge in [0.15, 0.2) is 5.82 Å². The summed E-state index contributed by atoms with van der Waals surface area (Å²) in [6, 6.07) is 12.6. The summed E-state index contributed by atoms with van der Waals surface area (Å²) in [7, 11) is 0. The van der Waals surface area contributed by atoms with E-state index in [0.29, 0.717) is 23.0 Å². The number of aromatic carboxylic acids is 1. The SMILES string of the molecule is O=C(O)c1ccc(C(=O)NCc2nc(Cc3ccccc3)no2)s1. The van der Waals surface area contributed by atoms with Crippen molar-refractivity contribution in [2.75, 3.05) is 0 Å². The first-order valence-corrected chi connectivity index (χ1v) is 7.90. The first-order valence-electron chi connectivity index (χ1n) is 7.08. The molecule has 0 radical (unpaired) electrons. The van der Waals surface area contributed by atoms with Gasteiger partial charge in [0.2, 0.25) is 5.89 Å². The summed E-state index contributed by atoms with van der Waals surface area (Å²) in [5.74, 6) is -0.601. The highest BCUT2D eigenvalue weighted by molar-refractivity contribution is 7.15. The Labute approximate surface area is 140 Å². The highest BCUT2D eigenvalue weighted by Gasteiger charge is 2.14. The molecule has 1 amide bonds. The van der Waals surface area contributed by atoms with E-state index in [9.17, 15) is 9.59 Å². The van der Waals surface area contributed by atoms with Gasteiger partial charge in [-0.05, 0) is 17.7 Å². The van der Waals surface area contributed by atoms with E-state index in [0.717, 1.165) is 16.9 Å². The van der Waals surface area contributed by atoms with Crippen LogP contribution < -0.4 is 5.32 Å². The van der Waals surface area contributed by atoms with Gasteiger partial charge in [-0.2, -0.15) is 4.98 Å². The normalized spacial score (nSPS) is 10.5. The molecular formula is C16H13N3O4S. The zero-order valence-electron chi connectivity index (χ0n) is 12.4. The number of amides is 1. The first-order chi connectivity index (χ1) is 11.6. The van der Waals surface area contributed by atoms with Crippen LogP contribution in [0.1, 0.15) is 36.6 Å². The van der Waals surface area contributed by atoms with E-state index in [1.165, 1.54) is 12.1 Å². The molecule has 3 rings (SSSR count). The minimum absolute atomic E-state index is 0.0843. The summed E-state index contributed by atoms with van der Waals surface area (Å²) in [5, 5.41) is 15.4. The van der Waals surface area contributed by atoms with E-state index in [-0.39, 0.29) is 17.3 Å². The molecule has 0 spiro atoms. The van der Waals surface area contributed by atoms with E-state index in [4.69, 9.17) is 9.63 Å². The molecule has 3 aromatic rings. The molecule has 2 heterocycles. The molecule has 1 aromatic carbocycles. The molecular weight excluding hydrogens is 330 g/mol. The van der Waals surface area contributed by atoms with Crippen molar-refractivity contribution in [1.82, 2.24) is 15.5 Å². The molecule has 2 N–H and O–H groups in total. The molecule has 0 aliphatic carbocycles. The van der Waals surface area contributed by atoms with Gasteiger partial charge in [-0.1, -0.05) is 35.5 Å². The number of carboxylic acid groups (broad SMARTS) is 1. The number of thiophene rings is 1. The molecule has 0 bridgehead atoms. The monoisotopic (exact) mass is 343 g/mol. The molecule has 8 heteroatoms. The lowest BCUT2D eigenvalue weighted by atomic mass is 10.1. The van der Waals surface area contributed by atoms with Crippen LogP contribution in [0.5, 0.6) is 0 Å². The highest BCUT2D eigenvalue weighted by atomic mass is 32.1. The molecule has 0 saturated carbocycles. The van der Waals surface area contributed by atoms with Gasteiger partial charge >= 0.3 is 5.97 Å². The minimum Gasteiger partial charge on any atom is -0.477 e. The molecule has 7 nitrogen and oxygen atoms in total. The Morgan fingerprint density at radius 3 is 2.58 bits per heavy atom. The highest BCUT2D eigenvalue weighted by Crippen LogP contribution is 2.16. The number of carboxylic acids is 1. The van der Waals surface area contributed by atoms with Gasteiger partial charge in [0.05, 0.1) is 11.4 Å². The molecule has 0 saturated heterocycles. The predicted octanol–water partition coefficient (Wildman–Crippen LogP) is 2.35. The van der Waals surface area contributed by atoms with Crippen molar-refractivity contribution in [3.05, 3.63) is 69.5 Å². The second-order valence-corrected chi connectivity index (χ2v) is 6.00. The zero-order chi connectivity index (χ0) is 16.9. The average Bonchev–Trinajstić information content (AvgIpc) is 3.23. The summed E-state index contributed by atoms with van der Waals surface area (Å²) in [6.45, 7) is 0.0843. The lowest BCUT2D eigenvalue weighted by Gasteiger charge is -1.98. The maximum atomic E-state index is 12.0. The van der Waals surface area contributed by atoms with E-state index in [2.05, 4.69) is 15.5 Å². The fourth-order valence-electron chi connectivity index (χ4n) is 2.03. The number of hydrogen-bond donors (Lipinski definition) is 2. The van der Waals surface area contributed by atoms with E-state index in [1.807, 2.05) is 30.3 Å². The van der Waals surface area contributed by atoms with Crippen LogP contribution in [0.2, 0.25) is 0 Å². The van der Waals surface area contributed by atoms with Crippen LogP contribution in [-0.2, 0) is 13.0 Å². The van der Waals surface area contributed by atoms with Crippen molar-refractivity contribution < 1.29 is 19.2 Å². The third-order valence-electron chi connectivity index (χ3n) is 3.16. The molecule has 0 fully saturated rings. The first kappa shape index (κ1) is 15.9. The molecule has 0 atom stereocenters. The van der Waals surface area contributed by atoms with Crippen molar-refractivity contribution in [1.29, 1.82) is 0 Å². The van der Waals surface area contributed by atoms with Gasteiger partial charge in [-0.25, -0.2) is 4.79 Å². The quantitative estimate of drug-likeness (QED) is 0.712. The maximum absolute atomic E-state index is 12.0. The molecule has 24 heavy (non-hydrogen) atoms.